The number of imidazole rings is 1. The number of hydrogen-bond acceptors (Lipinski definition) is 7. The van der Waals surface area contributed by atoms with Gasteiger partial charge in [-0.25, -0.2) is 4.98 Å². The number of H-pyrrole nitrogens is 1. The fourth-order valence-electron chi connectivity index (χ4n) is 1.27. The minimum absolute atomic E-state index is 0.269. The van der Waals surface area contributed by atoms with E-state index in [2.05, 4.69) is 14.7 Å². The van der Waals surface area contributed by atoms with Crippen LogP contribution in [0.3, 0.4) is 0 Å². The average Bonchev–Trinajstić information content (AvgIpc) is 2.95. The Morgan fingerprint density at radius 2 is 2.11 bits per heavy atom. The molecule has 102 valence electrons. The molecule has 0 aromatic carbocycles. The van der Waals surface area contributed by atoms with E-state index in [1.165, 1.54) is 12.5 Å². The van der Waals surface area contributed by atoms with Gasteiger partial charge >= 0.3 is 0 Å². The topological polar surface area (TPSA) is 162 Å². The number of ether oxygens (including phenoxy) is 1. The van der Waals surface area contributed by atoms with Gasteiger partial charge in [-0.05, 0) is 0 Å². The van der Waals surface area contributed by atoms with Crippen LogP contribution in [0.5, 0.6) is 0 Å². The van der Waals surface area contributed by atoms with Crippen molar-refractivity contribution in [3.8, 4) is 0 Å². The third-order valence-corrected chi connectivity index (χ3v) is 2.27. The Morgan fingerprint density at radius 1 is 1.44 bits per heavy atom. The van der Waals surface area contributed by atoms with Gasteiger partial charge in [0.25, 0.3) is 5.91 Å². The zero-order valence-corrected chi connectivity index (χ0v) is 9.30. The Balaban J connectivity index is 0.000000184. The molecule has 0 aliphatic carbocycles. The number of aromatic amines is 1. The fraction of sp³-hybridized carbons (Fsp3) is 0.556. The van der Waals surface area contributed by atoms with Gasteiger partial charge in [0.05, 0.1) is 12.9 Å². The van der Waals surface area contributed by atoms with Crippen molar-refractivity contribution in [1.82, 2.24) is 9.97 Å². The molecule has 9 heteroatoms. The summed E-state index contributed by atoms with van der Waals surface area (Å²) in [4.78, 5) is 16.4. The van der Waals surface area contributed by atoms with Gasteiger partial charge in [-0.3, -0.25) is 4.79 Å². The van der Waals surface area contributed by atoms with Crippen LogP contribution in [0.4, 0.5) is 0 Å². The SMILES string of the molecule is NC(=O)c1c[nH]cn1.OC[C@H]1OC(O)[C@H](O)[C@@H]1O. The van der Waals surface area contributed by atoms with Gasteiger partial charge in [-0.2, -0.15) is 0 Å². The molecule has 9 nitrogen and oxygen atoms in total. The van der Waals surface area contributed by atoms with Crippen molar-refractivity contribution in [1.29, 1.82) is 0 Å². The molecule has 1 saturated heterocycles. The predicted molar refractivity (Wildman–Crippen MR) is 57.1 cm³/mol. The van der Waals surface area contributed by atoms with E-state index in [0.717, 1.165) is 0 Å². The maximum absolute atomic E-state index is 10.2. The summed E-state index contributed by atoms with van der Waals surface area (Å²) in [6.45, 7) is -0.407. The molecule has 7 N–H and O–H groups in total. The Morgan fingerprint density at radius 3 is 2.33 bits per heavy atom. The fourth-order valence-corrected chi connectivity index (χ4v) is 1.27. The first-order valence-corrected chi connectivity index (χ1v) is 5.06. The number of carbonyl (C=O) groups is 1. The van der Waals surface area contributed by atoms with Gasteiger partial charge in [-0.15, -0.1) is 0 Å². The number of aromatic nitrogens is 2. The lowest BCUT2D eigenvalue weighted by Crippen LogP contribution is -2.33. The van der Waals surface area contributed by atoms with Crippen molar-refractivity contribution in [3.05, 3.63) is 18.2 Å². The summed E-state index contributed by atoms with van der Waals surface area (Å²) in [5, 5.41) is 35.0. The van der Waals surface area contributed by atoms with Crippen LogP contribution >= 0.6 is 0 Å². The molecule has 0 spiro atoms. The van der Waals surface area contributed by atoms with Crippen LogP contribution in [-0.2, 0) is 4.74 Å². The zero-order chi connectivity index (χ0) is 13.7. The number of nitrogens with zero attached hydrogens (tertiary/aromatic N) is 1. The van der Waals surface area contributed by atoms with Crippen LogP contribution in [0.1, 0.15) is 10.5 Å². The Hall–Kier alpha value is -1.52. The van der Waals surface area contributed by atoms with Gasteiger partial charge in [0.2, 0.25) is 0 Å². The molecule has 1 fully saturated rings. The lowest BCUT2D eigenvalue weighted by molar-refractivity contribution is -0.132. The van der Waals surface area contributed by atoms with E-state index in [-0.39, 0.29) is 5.69 Å². The van der Waals surface area contributed by atoms with Gasteiger partial charge in [0.1, 0.15) is 24.0 Å². The normalized spacial score (nSPS) is 30.7. The van der Waals surface area contributed by atoms with E-state index >= 15 is 0 Å². The lowest BCUT2D eigenvalue weighted by atomic mass is 10.1. The second kappa shape index (κ2) is 6.42. The first-order valence-electron chi connectivity index (χ1n) is 5.06. The molecule has 2 heterocycles. The lowest BCUT2D eigenvalue weighted by Gasteiger charge is -2.09. The smallest absolute Gasteiger partial charge is 0.268 e. The second-order valence-electron chi connectivity index (χ2n) is 3.55. The first kappa shape index (κ1) is 14.5. The molecule has 4 atom stereocenters. The molecule has 0 saturated carbocycles. The number of nitrogens with two attached hydrogens (primary N) is 1. The zero-order valence-electron chi connectivity index (χ0n) is 9.30. The predicted octanol–water partition coefficient (Wildman–Crippen LogP) is -3.07. The number of carbonyl (C=O) groups excluding carboxylic acids is 1. The summed E-state index contributed by atoms with van der Waals surface area (Å²) in [6, 6.07) is 0. The number of primary amides is 1. The minimum Gasteiger partial charge on any atom is -0.394 e. The number of nitrogens with one attached hydrogen (secondary N) is 1. The van der Waals surface area contributed by atoms with Gasteiger partial charge < -0.3 is 35.9 Å². The first-order chi connectivity index (χ1) is 8.47. The van der Waals surface area contributed by atoms with Gasteiger partial charge in [-0.1, -0.05) is 0 Å². The highest BCUT2D eigenvalue weighted by Gasteiger charge is 2.41. The van der Waals surface area contributed by atoms with E-state index in [9.17, 15) is 4.79 Å². The molecule has 18 heavy (non-hydrogen) atoms. The minimum atomic E-state index is -1.38. The van der Waals surface area contributed by atoms with Crippen LogP contribution in [0.15, 0.2) is 12.5 Å². The molecule has 1 aromatic rings. The molecular formula is C9H15N3O6. The Kier molecular flexibility index (Phi) is 5.19. The van der Waals surface area contributed by atoms with E-state index < -0.39 is 37.1 Å². The molecule has 2 rings (SSSR count). The number of aliphatic hydroxyl groups excluding tert-OH is 4. The number of hydrogen-bond donors (Lipinski definition) is 6. The Bertz CT molecular complexity index is 370. The van der Waals surface area contributed by atoms with E-state index in [1.54, 1.807) is 0 Å². The summed E-state index contributed by atoms with van der Waals surface area (Å²) < 4.78 is 4.54. The molecule has 1 amide bonds. The van der Waals surface area contributed by atoms with Crippen molar-refractivity contribution < 1.29 is 30.0 Å². The van der Waals surface area contributed by atoms with Gasteiger partial charge in [0.15, 0.2) is 6.29 Å². The summed E-state index contributed by atoms with van der Waals surface area (Å²) in [7, 11) is 0. The summed E-state index contributed by atoms with van der Waals surface area (Å²) in [5.41, 5.74) is 5.11. The average molecular weight is 261 g/mol. The van der Waals surface area contributed by atoms with Crippen LogP contribution in [0.25, 0.3) is 0 Å². The molecule has 0 bridgehead atoms. The van der Waals surface area contributed by atoms with Crippen molar-refractivity contribution in [2.75, 3.05) is 6.61 Å². The van der Waals surface area contributed by atoms with E-state index in [0.29, 0.717) is 0 Å². The van der Waals surface area contributed by atoms with Crippen LogP contribution in [-0.4, -0.2) is 67.5 Å². The molecule has 1 unspecified atom stereocenters. The highest BCUT2D eigenvalue weighted by Crippen LogP contribution is 2.18. The van der Waals surface area contributed by atoms with E-state index in [1.807, 2.05) is 0 Å². The maximum Gasteiger partial charge on any atom is 0.268 e. The maximum atomic E-state index is 10.2. The van der Waals surface area contributed by atoms with Crippen molar-refractivity contribution in [2.24, 2.45) is 5.73 Å². The number of amides is 1. The molecule has 0 radical (unpaired) electrons. The van der Waals surface area contributed by atoms with Crippen molar-refractivity contribution in [2.45, 2.75) is 24.6 Å². The highest BCUT2D eigenvalue weighted by atomic mass is 16.6. The van der Waals surface area contributed by atoms with Gasteiger partial charge in [0, 0.05) is 6.20 Å². The molecular weight excluding hydrogens is 246 g/mol. The van der Waals surface area contributed by atoms with Crippen molar-refractivity contribution in [3.63, 3.8) is 0 Å². The summed E-state index contributed by atoms with van der Waals surface area (Å²) in [6.07, 6.45) is -1.91. The second-order valence-corrected chi connectivity index (χ2v) is 3.55. The van der Waals surface area contributed by atoms with Crippen LogP contribution in [0.2, 0.25) is 0 Å². The van der Waals surface area contributed by atoms with Crippen LogP contribution < -0.4 is 5.73 Å². The Labute approximate surface area is 102 Å². The number of rotatable bonds is 2. The summed E-state index contributed by atoms with van der Waals surface area (Å²) in [5.74, 6) is -0.508. The standard InChI is InChI=1S/C5H10O5.C4H5N3O/c6-1-2-3(7)4(8)5(9)10-2;5-4(8)3-1-6-2-7-3/h2-9H,1H2;1-2H,(H2,5,8)(H,6,7)/t2-,3-,4-,5?;/m1./s1. The van der Waals surface area contributed by atoms with E-state index in [4.69, 9.17) is 26.2 Å². The molecule has 1 aliphatic rings. The largest absolute Gasteiger partial charge is 0.394 e. The monoisotopic (exact) mass is 261 g/mol. The molecule has 1 aromatic heterocycles. The highest BCUT2D eigenvalue weighted by molar-refractivity contribution is 5.90. The third-order valence-electron chi connectivity index (χ3n) is 2.27. The summed E-state index contributed by atoms with van der Waals surface area (Å²) >= 11 is 0. The third kappa shape index (κ3) is 3.48. The molecule has 1 aliphatic heterocycles. The van der Waals surface area contributed by atoms with Crippen molar-refractivity contribution >= 4 is 5.91 Å². The number of aliphatic hydroxyl groups is 4. The van der Waals surface area contributed by atoms with Crippen LogP contribution in [0, 0.1) is 0 Å². The quantitative estimate of drug-likeness (QED) is 0.329.